The first-order chi connectivity index (χ1) is 10.2. The lowest BCUT2D eigenvalue weighted by molar-refractivity contribution is -0.143. The normalized spacial score (nSPS) is 13.4. The van der Waals surface area contributed by atoms with Crippen LogP contribution < -0.4 is 10.6 Å². The van der Waals surface area contributed by atoms with E-state index in [2.05, 4.69) is 17.2 Å². The van der Waals surface area contributed by atoms with E-state index in [1.165, 1.54) is 6.08 Å². The summed E-state index contributed by atoms with van der Waals surface area (Å²) in [7, 11) is 0. The SMILES string of the molecule is C=CCOC(=O)N[C@H](CC(C)C)C(=O)N[C@H](C(=O)O)C(C)C. The molecule has 2 amide bonds. The molecule has 0 aromatic carbocycles. The van der Waals surface area contributed by atoms with Crippen LogP contribution in [0.5, 0.6) is 0 Å². The molecule has 0 saturated carbocycles. The molecule has 0 aliphatic rings. The third-order valence-corrected chi connectivity index (χ3v) is 2.88. The third kappa shape index (κ3) is 7.66. The maximum absolute atomic E-state index is 12.2. The maximum atomic E-state index is 12.2. The van der Waals surface area contributed by atoms with Gasteiger partial charge in [-0.1, -0.05) is 40.3 Å². The highest BCUT2D eigenvalue weighted by Gasteiger charge is 2.29. The molecule has 0 aliphatic carbocycles. The molecule has 3 N–H and O–H groups in total. The minimum absolute atomic E-state index is 0.0333. The van der Waals surface area contributed by atoms with Crippen molar-refractivity contribution in [1.29, 1.82) is 0 Å². The third-order valence-electron chi connectivity index (χ3n) is 2.88. The Morgan fingerprint density at radius 2 is 1.77 bits per heavy atom. The predicted octanol–water partition coefficient (Wildman–Crippen LogP) is 1.54. The molecular weight excluding hydrogens is 288 g/mol. The Kier molecular flexibility index (Phi) is 8.89. The molecular formula is C15H26N2O5. The Morgan fingerprint density at radius 3 is 2.18 bits per heavy atom. The molecule has 7 heteroatoms. The first-order valence-corrected chi connectivity index (χ1v) is 7.26. The second-order valence-corrected chi connectivity index (χ2v) is 5.78. The molecule has 0 unspecified atom stereocenters. The van der Waals surface area contributed by atoms with Gasteiger partial charge in [-0.05, 0) is 18.3 Å². The van der Waals surface area contributed by atoms with Gasteiger partial charge in [-0.15, -0.1) is 0 Å². The smallest absolute Gasteiger partial charge is 0.408 e. The Hall–Kier alpha value is -2.05. The number of ether oxygens (including phenoxy) is 1. The predicted molar refractivity (Wildman–Crippen MR) is 82.3 cm³/mol. The van der Waals surface area contributed by atoms with Crippen LogP contribution >= 0.6 is 0 Å². The molecule has 0 aliphatic heterocycles. The molecule has 0 aromatic heterocycles. The van der Waals surface area contributed by atoms with Gasteiger partial charge in [0.25, 0.3) is 0 Å². The molecule has 0 saturated heterocycles. The molecule has 126 valence electrons. The number of aliphatic carboxylic acids is 1. The van der Waals surface area contributed by atoms with Crippen LogP contribution in [0, 0.1) is 11.8 Å². The molecule has 0 rings (SSSR count). The van der Waals surface area contributed by atoms with Gasteiger partial charge in [0.15, 0.2) is 0 Å². The Balaban J connectivity index is 4.85. The zero-order valence-electron chi connectivity index (χ0n) is 13.6. The summed E-state index contributed by atoms with van der Waals surface area (Å²) in [4.78, 5) is 35.0. The lowest BCUT2D eigenvalue weighted by atomic mass is 10.0. The number of carboxylic acid groups (broad SMARTS) is 1. The first-order valence-electron chi connectivity index (χ1n) is 7.26. The number of carboxylic acids is 1. The van der Waals surface area contributed by atoms with E-state index in [1.807, 2.05) is 13.8 Å². The maximum Gasteiger partial charge on any atom is 0.408 e. The van der Waals surface area contributed by atoms with E-state index in [4.69, 9.17) is 9.84 Å². The summed E-state index contributed by atoms with van der Waals surface area (Å²) in [5.41, 5.74) is 0. The fraction of sp³-hybridized carbons (Fsp3) is 0.667. The molecule has 0 radical (unpaired) electrons. The molecule has 0 spiro atoms. The summed E-state index contributed by atoms with van der Waals surface area (Å²) < 4.78 is 4.79. The minimum Gasteiger partial charge on any atom is -0.480 e. The minimum atomic E-state index is -1.11. The second-order valence-electron chi connectivity index (χ2n) is 5.78. The lowest BCUT2D eigenvalue weighted by Gasteiger charge is -2.24. The van der Waals surface area contributed by atoms with Gasteiger partial charge in [0, 0.05) is 0 Å². The van der Waals surface area contributed by atoms with Gasteiger partial charge < -0.3 is 20.5 Å². The highest BCUT2D eigenvalue weighted by molar-refractivity contribution is 5.89. The average Bonchev–Trinajstić information content (AvgIpc) is 2.40. The van der Waals surface area contributed by atoms with Crippen molar-refractivity contribution in [1.82, 2.24) is 10.6 Å². The number of hydrogen-bond acceptors (Lipinski definition) is 4. The summed E-state index contributed by atoms with van der Waals surface area (Å²) in [6.45, 7) is 10.6. The van der Waals surface area contributed by atoms with E-state index >= 15 is 0 Å². The largest absolute Gasteiger partial charge is 0.480 e. The van der Waals surface area contributed by atoms with Gasteiger partial charge in [-0.2, -0.15) is 0 Å². The van der Waals surface area contributed by atoms with Crippen LogP contribution in [-0.2, 0) is 14.3 Å². The van der Waals surface area contributed by atoms with Crippen LogP contribution in [-0.4, -0.2) is 41.8 Å². The second kappa shape index (κ2) is 9.81. The molecule has 22 heavy (non-hydrogen) atoms. The van der Waals surface area contributed by atoms with Crippen LogP contribution in [0.15, 0.2) is 12.7 Å². The van der Waals surface area contributed by atoms with Crippen molar-refractivity contribution in [3.05, 3.63) is 12.7 Å². The van der Waals surface area contributed by atoms with Crippen molar-refractivity contribution in [2.45, 2.75) is 46.2 Å². The van der Waals surface area contributed by atoms with Gasteiger partial charge in [0.1, 0.15) is 18.7 Å². The standard InChI is InChI=1S/C15H26N2O5/c1-6-7-22-15(21)16-11(8-9(2)3)13(18)17-12(10(4)5)14(19)20/h6,9-12H,1,7-8H2,2-5H3,(H,16,21)(H,17,18)(H,19,20)/t11-,12+/m1/s1. The summed E-state index contributed by atoms with van der Waals surface area (Å²) in [5.74, 6) is -1.78. The average molecular weight is 314 g/mol. The quantitative estimate of drug-likeness (QED) is 0.560. The summed E-state index contributed by atoms with van der Waals surface area (Å²) in [6.07, 6.45) is 1.05. The first kappa shape index (κ1) is 19.9. The molecule has 0 heterocycles. The highest BCUT2D eigenvalue weighted by Crippen LogP contribution is 2.08. The Labute approximate surface area is 131 Å². The molecule has 2 atom stereocenters. The fourth-order valence-corrected chi connectivity index (χ4v) is 1.79. The Bertz CT molecular complexity index is 407. The van der Waals surface area contributed by atoms with Gasteiger partial charge in [-0.25, -0.2) is 9.59 Å². The molecule has 0 fully saturated rings. The van der Waals surface area contributed by atoms with Crippen LogP contribution in [0.2, 0.25) is 0 Å². The van der Waals surface area contributed by atoms with Gasteiger partial charge in [0.2, 0.25) is 5.91 Å². The zero-order valence-corrected chi connectivity index (χ0v) is 13.6. The van der Waals surface area contributed by atoms with E-state index in [1.54, 1.807) is 13.8 Å². The summed E-state index contributed by atoms with van der Waals surface area (Å²) in [6, 6.07) is -1.86. The van der Waals surface area contributed by atoms with Crippen LogP contribution in [0.3, 0.4) is 0 Å². The van der Waals surface area contributed by atoms with Crippen LogP contribution in [0.1, 0.15) is 34.1 Å². The highest BCUT2D eigenvalue weighted by atomic mass is 16.5. The number of alkyl carbamates (subject to hydrolysis) is 1. The van der Waals surface area contributed by atoms with Crippen molar-refractivity contribution in [2.24, 2.45) is 11.8 Å². The number of nitrogens with one attached hydrogen (secondary N) is 2. The molecule has 7 nitrogen and oxygen atoms in total. The monoisotopic (exact) mass is 314 g/mol. The van der Waals surface area contributed by atoms with Crippen molar-refractivity contribution < 1.29 is 24.2 Å². The number of carbonyl (C=O) groups is 3. The van der Waals surface area contributed by atoms with Crippen molar-refractivity contribution >= 4 is 18.0 Å². The van der Waals surface area contributed by atoms with Crippen LogP contribution in [0.25, 0.3) is 0 Å². The van der Waals surface area contributed by atoms with Crippen molar-refractivity contribution in [3.63, 3.8) is 0 Å². The van der Waals surface area contributed by atoms with E-state index in [-0.39, 0.29) is 18.4 Å². The summed E-state index contributed by atoms with van der Waals surface area (Å²) >= 11 is 0. The van der Waals surface area contributed by atoms with E-state index in [0.29, 0.717) is 6.42 Å². The van der Waals surface area contributed by atoms with Crippen molar-refractivity contribution in [3.8, 4) is 0 Å². The van der Waals surface area contributed by atoms with E-state index in [0.717, 1.165) is 0 Å². The van der Waals surface area contributed by atoms with Gasteiger partial charge >= 0.3 is 12.1 Å². The number of rotatable bonds is 9. The summed E-state index contributed by atoms with van der Waals surface area (Å²) in [5, 5.41) is 14.0. The molecule has 0 bridgehead atoms. The van der Waals surface area contributed by atoms with Crippen molar-refractivity contribution in [2.75, 3.05) is 6.61 Å². The topological polar surface area (TPSA) is 105 Å². The van der Waals surface area contributed by atoms with E-state index in [9.17, 15) is 14.4 Å². The number of amides is 2. The zero-order chi connectivity index (χ0) is 17.3. The number of hydrogen-bond donors (Lipinski definition) is 3. The fourth-order valence-electron chi connectivity index (χ4n) is 1.79. The Morgan fingerprint density at radius 1 is 1.18 bits per heavy atom. The lowest BCUT2D eigenvalue weighted by Crippen LogP contribution is -2.53. The van der Waals surface area contributed by atoms with E-state index < -0.39 is 30.1 Å². The van der Waals surface area contributed by atoms with Crippen LogP contribution in [0.4, 0.5) is 4.79 Å². The number of carbonyl (C=O) groups excluding carboxylic acids is 2. The van der Waals surface area contributed by atoms with Gasteiger partial charge in [-0.3, -0.25) is 4.79 Å². The van der Waals surface area contributed by atoms with Gasteiger partial charge in [0.05, 0.1) is 0 Å². The molecule has 0 aromatic rings.